The minimum Gasteiger partial charge on any atom is -0.494 e. The number of benzene rings is 1. The summed E-state index contributed by atoms with van der Waals surface area (Å²) in [7, 11) is 0. The van der Waals surface area contributed by atoms with E-state index >= 15 is 0 Å². The molecule has 3 N–H and O–H groups in total. The number of hydrogen-bond donors (Lipinski definition) is 3. The fourth-order valence-electron chi connectivity index (χ4n) is 6.21. The van der Waals surface area contributed by atoms with Gasteiger partial charge in [0.15, 0.2) is 12.2 Å². The van der Waals surface area contributed by atoms with E-state index in [0.29, 0.717) is 36.6 Å². The van der Waals surface area contributed by atoms with E-state index in [0.717, 1.165) is 11.1 Å². The standard InChI is InChI=1S/C48H75N3O13/c1-27(2)34-31(24-29-19-20-30(23-28(29)3)58-22-18-21-49-48(16,17)25-33(52)53)38(51-50-34)64-39-37(63-43(57)47(13,14)15)36(62-42(56)46(10,11)12)35(61-41(55)45(7,8)9)32(60-39)26-59-40(54)44(4,5)6/h19-20,23,27,32,35-37,39,49H,18,21-22,24-26H2,1-17H3,(H,50,51)(H,52,53)/t32-,35-,36+,37-,39?/m1/s1/i4D,7D,10D,13D. The molecule has 16 heteroatoms. The molecule has 1 unspecified atom stereocenters. The zero-order valence-corrected chi connectivity index (χ0v) is 40.1. The van der Waals surface area contributed by atoms with Gasteiger partial charge in [-0.25, -0.2) is 0 Å². The molecular formula is C48H75N3O13. The van der Waals surface area contributed by atoms with Crippen molar-refractivity contribution in [3.8, 4) is 11.6 Å². The molecule has 64 heavy (non-hydrogen) atoms. The van der Waals surface area contributed by atoms with Crippen molar-refractivity contribution in [3.63, 3.8) is 0 Å². The van der Waals surface area contributed by atoms with Crippen LogP contribution in [0.15, 0.2) is 18.2 Å². The summed E-state index contributed by atoms with van der Waals surface area (Å²) >= 11 is 0. The van der Waals surface area contributed by atoms with Crippen molar-refractivity contribution in [2.75, 3.05) is 19.8 Å². The van der Waals surface area contributed by atoms with Gasteiger partial charge in [-0.15, -0.1) is 5.10 Å². The van der Waals surface area contributed by atoms with E-state index in [-0.39, 0.29) is 31.5 Å². The molecule has 16 nitrogen and oxygen atoms in total. The molecule has 0 saturated carbocycles. The highest BCUT2D eigenvalue weighted by atomic mass is 16.7. The minimum absolute atomic E-state index is 0.0147. The van der Waals surface area contributed by atoms with Gasteiger partial charge in [0.2, 0.25) is 18.3 Å². The molecule has 0 spiro atoms. The Hall–Kier alpha value is -4.70. The molecule has 0 amide bonds. The molecule has 1 aromatic carbocycles. The molecule has 0 bridgehead atoms. The number of aromatic nitrogens is 2. The summed E-state index contributed by atoms with van der Waals surface area (Å²) < 4.78 is 75.3. The average molecular weight is 906 g/mol. The van der Waals surface area contributed by atoms with Crippen LogP contribution in [0.25, 0.3) is 0 Å². The monoisotopic (exact) mass is 906 g/mol. The largest absolute Gasteiger partial charge is 0.494 e. The number of carbonyl (C=O) groups excluding carboxylic acids is 4. The second-order valence-electron chi connectivity index (χ2n) is 20.3. The van der Waals surface area contributed by atoms with Crippen LogP contribution in [0, 0.1) is 28.6 Å². The van der Waals surface area contributed by atoms with Crippen LogP contribution in [0.5, 0.6) is 11.6 Å². The van der Waals surface area contributed by atoms with Gasteiger partial charge in [0.1, 0.15) is 18.5 Å². The van der Waals surface area contributed by atoms with Crippen LogP contribution in [-0.2, 0) is 54.1 Å². The molecule has 1 aliphatic rings. The van der Waals surface area contributed by atoms with E-state index < -0.39 is 115 Å². The van der Waals surface area contributed by atoms with Gasteiger partial charge in [0.05, 0.1) is 34.7 Å². The third kappa shape index (κ3) is 15.5. The first kappa shape index (κ1) is 47.3. The maximum atomic E-state index is 14.0. The molecule has 0 aliphatic carbocycles. The van der Waals surface area contributed by atoms with Gasteiger partial charge in [-0.3, -0.25) is 29.1 Å². The number of hydrogen-bond acceptors (Lipinski definition) is 14. The summed E-state index contributed by atoms with van der Waals surface area (Å²) in [4.78, 5) is 66.2. The highest BCUT2D eigenvalue weighted by Gasteiger charge is 2.56. The van der Waals surface area contributed by atoms with Gasteiger partial charge < -0.3 is 43.6 Å². The first-order chi connectivity index (χ1) is 31.4. The second-order valence-corrected chi connectivity index (χ2v) is 20.3. The highest BCUT2D eigenvalue weighted by molar-refractivity contribution is 5.78. The molecule has 1 aromatic heterocycles. The maximum absolute atomic E-state index is 14.0. The summed E-state index contributed by atoms with van der Waals surface area (Å²) in [6.45, 7) is 20.2. The van der Waals surface area contributed by atoms with E-state index in [9.17, 15) is 24.0 Å². The number of nitrogens with one attached hydrogen (secondary N) is 2. The van der Waals surface area contributed by atoms with Gasteiger partial charge in [-0.2, -0.15) is 0 Å². The third-order valence-corrected chi connectivity index (χ3v) is 10.0. The lowest BCUT2D eigenvalue weighted by atomic mass is 9.93. The number of rotatable bonds is 18. The van der Waals surface area contributed by atoms with Gasteiger partial charge in [-0.05, 0) is 146 Å². The van der Waals surface area contributed by atoms with E-state index in [4.69, 9.17) is 43.7 Å². The number of H-pyrrole nitrogens is 1. The molecule has 5 atom stereocenters. The second kappa shape index (κ2) is 21.1. The van der Waals surface area contributed by atoms with E-state index in [1.165, 1.54) is 55.4 Å². The quantitative estimate of drug-likeness (QED) is 0.0747. The summed E-state index contributed by atoms with van der Waals surface area (Å²) in [6, 6.07) is 5.64. The predicted octanol–water partition coefficient (Wildman–Crippen LogP) is 7.61. The Morgan fingerprint density at radius 3 is 1.91 bits per heavy atom. The predicted molar refractivity (Wildman–Crippen MR) is 239 cm³/mol. The molecule has 360 valence electrons. The van der Waals surface area contributed by atoms with Crippen LogP contribution in [0.1, 0.15) is 157 Å². The summed E-state index contributed by atoms with van der Waals surface area (Å²) in [5.41, 5.74) is -2.98. The first-order valence-corrected chi connectivity index (χ1v) is 21.5. The molecule has 3 rings (SSSR count). The van der Waals surface area contributed by atoms with E-state index in [1.54, 1.807) is 0 Å². The molecule has 1 aliphatic heterocycles. The lowest BCUT2D eigenvalue weighted by Crippen LogP contribution is -2.65. The van der Waals surface area contributed by atoms with Crippen LogP contribution in [0.2, 0.25) is 0 Å². The molecule has 2 heterocycles. The Balaban J connectivity index is 2.15. The molecule has 2 aromatic rings. The number of aliphatic carboxylic acids is 1. The third-order valence-electron chi connectivity index (χ3n) is 10.0. The smallest absolute Gasteiger partial charge is 0.311 e. The Labute approximate surface area is 385 Å². The van der Waals surface area contributed by atoms with Crippen LogP contribution in [0.3, 0.4) is 0 Å². The van der Waals surface area contributed by atoms with Crippen LogP contribution >= 0.6 is 0 Å². The van der Waals surface area contributed by atoms with Crippen LogP contribution < -0.4 is 14.8 Å². The van der Waals surface area contributed by atoms with Crippen molar-refractivity contribution < 1.29 is 67.7 Å². The van der Waals surface area contributed by atoms with Gasteiger partial charge in [0, 0.05) is 28.7 Å². The Morgan fingerprint density at radius 2 is 1.38 bits per heavy atom. The number of aryl methyl sites for hydroxylation is 1. The molecule has 0 radical (unpaired) electrons. The van der Waals surface area contributed by atoms with E-state index in [1.807, 2.05) is 52.8 Å². The lowest BCUT2D eigenvalue weighted by molar-refractivity contribution is -0.294. The number of esters is 4. The molecule has 1 fully saturated rings. The van der Waals surface area contributed by atoms with Crippen molar-refractivity contribution >= 4 is 29.8 Å². The van der Waals surface area contributed by atoms with Gasteiger partial charge in [0.25, 0.3) is 0 Å². The minimum atomic E-state index is -1.73. The van der Waals surface area contributed by atoms with Gasteiger partial charge in [-0.1, -0.05) is 19.9 Å². The van der Waals surface area contributed by atoms with Crippen molar-refractivity contribution in [3.05, 3.63) is 40.6 Å². The zero-order chi connectivity index (χ0) is 51.6. The van der Waals surface area contributed by atoms with Crippen molar-refractivity contribution in [2.24, 2.45) is 21.7 Å². The number of carboxylic acid groups (broad SMARTS) is 1. The normalized spacial score (nSPS) is 20.6. The summed E-state index contributed by atoms with van der Waals surface area (Å²) in [5, 5.41) is 20.0. The fourth-order valence-corrected chi connectivity index (χ4v) is 6.21. The number of aromatic amines is 1. The Morgan fingerprint density at radius 1 is 0.828 bits per heavy atom. The number of carbonyl (C=O) groups is 5. The maximum Gasteiger partial charge on any atom is 0.311 e. The lowest BCUT2D eigenvalue weighted by Gasteiger charge is -2.45. The zero-order valence-electron chi connectivity index (χ0n) is 44.1. The fraction of sp³-hybridized carbons (Fsp3) is 0.708. The van der Waals surface area contributed by atoms with Crippen molar-refractivity contribution in [2.45, 2.75) is 179 Å². The SMILES string of the molecule is [2H]CC(C)(C)C(=O)OC[C@H]1OC(Oc2n[nH]c(C(C)C)c2Cc2ccc(OCCCNC(C)(C)CC(=O)O)cc2C)[C@H](OC(=O)C(C)(C)C[2H])[C@@H](OC(=O)C(C)(C)C[2H])[C@@H]1OC(=O)C(C)(C)C[2H]. The highest BCUT2D eigenvalue weighted by Crippen LogP contribution is 2.37. The summed E-state index contributed by atoms with van der Waals surface area (Å²) in [5.74, 6) is -3.85. The number of nitrogens with zero attached hydrogens (tertiary/aromatic N) is 1. The molecule has 1 saturated heterocycles. The summed E-state index contributed by atoms with van der Waals surface area (Å²) in [6.07, 6.45) is -7.39. The topological polar surface area (TPSA) is 211 Å². The van der Waals surface area contributed by atoms with Gasteiger partial charge >= 0.3 is 29.8 Å². The Kier molecular flexibility index (Phi) is 15.6. The first-order valence-electron chi connectivity index (χ1n) is 24.3. The van der Waals surface area contributed by atoms with E-state index in [2.05, 4.69) is 15.5 Å². The van der Waals surface area contributed by atoms with Crippen molar-refractivity contribution in [1.82, 2.24) is 15.5 Å². The molecular weight excluding hydrogens is 827 g/mol. The number of carboxylic acids is 1. The van der Waals surface area contributed by atoms with Crippen LogP contribution in [0.4, 0.5) is 0 Å². The average Bonchev–Trinajstić information content (AvgIpc) is 3.66. The number of ether oxygens (including phenoxy) is 7. The Bertz CT molecular complexity index is 2050. The van der Waals surface area contributed by atoms with Crippen LogP contribution in [-0.4, -0.2) is 101 Å². The van der Waals surface area contributed by atoms with Crippen molar-refractivity contribution in [1.29, 1.82) is 0 Å².